The summed E-state index contributed by atoms with van der Waals surface area (Å²) >= 11 is 1.63. The number of benzene rings is 2. The quantitative estimate of drug-likeness (QED) is 0.534. The highest BCUT2D eigenvalue weighted by Crippen LogP contribution is 2.45. The summed E-state index contributed by atoms with van der Waals surface area (Å²) in [6.45, 7) is 3.76. The third-order valence-corrected chi connectivity index (χ3v) is 6.26. The molecule has 3 aromatic rings. The highest BCUT2D eigenvalue weighted by atomic mass is 32.1. The first-order valence-corrected chi connectivity index (χ1v) is 9.95. The molecule has 0 N–H and O–H groups in total. The van der Waals surface area contributed by atoms with Crippen molar-refractivity contribution in [2.45, 2.75) is 13.8 Å². The van der Waals surface area contributed by atoms with Gasteiger partial charge in [-0.15, -0.1) is 0 Å². The number of ketones is 2. The van der Waals surface area contributed by atoms with Crippen molar-refractivity contribution < 1.29 is 9.59 Å². The van der Waals surface area contributed by atoms with Crippen LogP contribution in [0.3, 0.4) is 0 Å². The second-order valence-corrected chi connectivity index (χ2v) is 7.96. The Labute approximate surface area is 163 Å². The molecule has 134 valence electrons. The van der Waals surface area contributed by atoms with Gasteiger partial charge in [-0.25, -0.2) is 0 Å². The fourth-order valence-electron chi connectivity index (χ4n) is 3.75. The molecular formula is C24H20O2S. The number of rotatable bonds is 4. The Morgan fingerprint density at radius 3 is 2.30 bits per heavy atom. The van der Waals surface area contributed by atoms with Gasteiger partial charge in [0, 0.05) is 17.0 Å². The lowest BCUT2D eigenvalue weighted by atomic mass is 9.64. The van der Waals surface area contributed by atoms with E-state index >= 15 is 0 Å². The Hall–Kier alpha value is -2.78. The van der Waals surface area contributed by atoms with Gasteiger partial charge in [0.1, 0.15) is 0 Å². The van der Waals surface area contributed by atoms with Crippen LogP contribution in [0.5, 0.6) is 0 Å². The fraction of sp³-hybridized carbons (Fsp3) is 0.167. The molecule has 0 bridgehead atoms. The van der Waals surface area contributed by atoms with Crippen LogP contribution in [-0.4, -0.2) is 11.6 Å². The molecule has 3 heteroatoms. The molecule has 2 atom stereocenters. The molecule has 0 spiro atoms. The normalized spacial score (nSPS) is 19.9. The van der Waals surface area contributed by atoms with Crippen molar-refractivity contribution in [1.29, 1.82) is 0 Å². The molecule has 0 amide bonds. The lowest BCUT2D eigenvalue weighted by molar-refractivity contribution is 0.0708. The van der Waals surface area contributed by atoms with Crippen molar-refractivity contribution in [3.05, 3.63) is 99.8 Å². The van der Waals surface area contributed by atoms with Crippen LogP contribution in [0, 0.1) is 11.3 Å². The summed E-state index contributed by atoms with van der Waals surface area (Å²) in [5, 5.41) is 4.12. The largest absolute Gasteiger partial charge is 0.294 e. The third-order valence-electron chi connectivity index (χ3n) is 5.58. The van der Waals surface area contributed by atoms with Crippen molar-refractivity contribution in [2.24, 2.45) is 11.3 Å². The van der Waals surface area contributed by atoms with Gasteiger partial charge in [0.05, 0.1) is 5.41 Å². The van der Waals surface area contributed by atoms with Gasteiger partial charge in [-0.1, -0.05) is 67.6 Å². The molecule has 1 aliphatic rings. The monoisotopic (exact) mass is 372 g/mol. The molecule has 1 heterocycles. The molecule has 0 saturated carbocycles. The molecule has 0 aliphatic heterocycles. The van der Waals surface area contributed by atoms with Crippen molar-refractivity contribution >= 4 is 28.5 Å². The van der Waals surface area contributed by atoms with E-state index in [-0.39, 0.29) is 11.6 Å². The van der Waals surface area contributed by atoms with Gasteiger partial charge in [-0.3, -0.25) is 9.59 Å². The highest BCUT2D eigenvalue weighted by Gasteiger charge is 2.45. The second kappa shape index (κ2) is 6.75. The lowest BCUT2D eigenvalue weighted by Crippen LogP contribution is -2.39. The van der Waals surface area contributed by atoms with Gasteiger partial charge >= 0.3 is 0 Å². The summed E-state index contributed by atoms with van der Waals surface area (Å²) in [7, 11) is 0. The number of carbonyl (C=O) groups excluding carboxylic acids is 2. The highest BCUT2D eigenvalue weighted by molar-refractivity contribution is 7.08. The molecule has 1 aromatic heterocycles. The molecule has 2 aromatic carbocycles. The van der Waals surface area contributed by atoms with Crippen LogP contribution >= 0.6 is 11.3 Å². The molecule has 1 unspecified atom stereocenters. The van der Waals surface area contributed by atoms with Crippen LogP contribution in [0.1, 0.15) is 45.7 Å². The van der Waals surface area contributed by atoms with E-state index in [1.807, 2.05) is 79.9 Å². The van der Waals surface area contributed by atoms with E-state index in [4.69, 9.17) is 0 Å². The molecule has 1 aliphatic carbocycles. The molecule has 4 rings (SSSR count). The Bertz CT molecular complexity index is 1030. The summed E-state index contributed by atoms with van der Waals surface area (Å²) in [4.78, 5) is 26.6. The molecule has 0 radical (unpaired) electrons. The Morgan fingerprint density at radius 1 is 0.963 bits per heavy atom. The van der Waals surface area contributed by atoms with Crippen molar-refractivity contribution in [3.63, 3.8) is 0 Å². The summed E-state index contributed by atoms with van der Waals surface area (Å²) < 4.78 is 0. The summed E-state index contributed by atoms with van der Waals surface area (Å²) in [6.07, 6.45) is 2.01. The summed E-state index contributed by atoms with van der Waals surface area (Å²) in [5.74, 6) is -0.463. The number of Topliss-reactive ketones (excluding diaryl/α,β-unsaturated/α-hetero) is 2. The van der Waals surface area contributed by atoms with Crippen molar-refractivity contribution in [1.82, 2.24) is 0 Å². The lowest BCUT2D eigenvalue weighted by Gasteiger charge is -2.36. The second-order valence-electron chi connectivity index (χ2n) is 7.18. The van der Waals surface area contributed by atoms with E-state index in [1.165, 1.54) is 0 Å². The maximum absolute atomic E-state index is 13.4. The fourth-order valence-corrected chi connectivity index (χ4v) is 4.41. The first kappa shape index (κ1) is 17.6. The van der Waals surface area contributed by atoms with Gasteiger partial charge in [0.25, 0.3) is 0 Å². The zero-order valence-electron chi connectivity index (χ0n) is 15.3. The standard InChI is InChI=1S/C24H20O2S/c1-16(22(25)17-8-4-3-5-9-17)24(2)14-21(18-12-13-27-15-18)19-10-6-7-11-20(19)23(24)26/h3-16H,1-2H3/t16?,24-/m0/s1. The Morgan fingerprint density at radius 2 is 1.63 bits per heavy atom. The van der Waals surface area contributed by atoms with Crippen LogP contribution < -0.4 is 0 Å². The zero-order valence-corrected chi connectivity index (χ0v) is 16.1. The van der Waals surface area contributed by atoms with E-state index in [1.54, 1.807) is 11.3 Å². The van der Waals surface area contributed by atoms with E-state index in [2.05, 4.69) is 11.4 Å². The number of carbonyl (C=O) groups is 2. The Kier molecular flexibility index (Phi) is 4.40. The van der Waals surface area contributed by atoms with Crippen molar-refractivity contribution in [3.8, 4) is 0 Å². The first-order valence-electron chi connectivity index (χ1n) is 9.01. The minimum absolute atomic E-state index is 0.00764. The maximum Gasteiger partial charge on any atom is 0.173 e. The molecule has 27 heavy (non-hydrogen) atoms. The van der Waals surface area contributed by atoms with Gasteiger partial charge in [-0.2, -0.15) is 11.3 Å². The zero-order chi connectivity index (χ0) is 19.0. The average molecular weight is 372 g/mol. The topological polar surface area (TPSA) is 34.1 Å². The van der Waals surface area contributed by atoms with Crippen LogP contribution in [0.2, 0.25) is 0 Å². The van der Waals surface area contributed by atoms with E-state index in [0.717, 1.165) is 16.7 Å². The predicted molar refractivity (Wildman–Crippen MR) is 110 cm³/mol. The van der Waals surface area contributed by atoms with Crippen LogP contribution in [0.25, 0.3) is 5.57 Å². The van der Waals surface area contributed by atoms with Gasteiger partial charge in [-0.05, 0) is 40.5 Å². The number of thiophene rings is 1. The average Bonchev–Trinajstić information content (AvgIpc) is 3.25. The molecule has 0 fully saturated rings. The van der Waals surface area contributed by atoms with Crippen molar-refractivity contribution in [2.75, 3.05) is 0 Å². The SMILES string of the molecule is CC(C(=O)c1ccccc1)[C@]1(C)C=C(c2ccsc2)c2ccccc2C1=O. The van der Waals surface area contributed by atoms with Gasteiger partial charge < -0.3 is 0 Å². The number of fused-ring (bicyclic) bond motifs is 1. The minimum atomic E-state index is -0.890. The molecule has 2 nitrogen and oxygen atoms in total. The number of allylic oxidation sites excluding steroid dienone is 1. The maximum atomic E-state index is 13.4. The Balaban J connectivity index is 1.85. The number of hydrogen-bond acceptors (Lipinski definition) is 3. The van der Waals surface area contributed by atoms with Gasteiger partial charge in [0.15, 0.2) is 11.6 Å². The number of hydrogen-bond donors (Lipinski definition) is 0. The van der Waals surface area contributed by atoms with E-state index in [0.29, 0.717) is 11.1 Å². The van der Waals surface area contributed by atoms with Gasteiger partial charge in [0.2, 0.25) is 0 Å². The predicted octanol–water partition coefficient (Wildman–Crippen LogP) is 5.90. The minimum Gasteiger partial charge on any atom is -0.294 e. The molecular weight excluding hydrogens is 352 g/mol. The summed E-state index contributed by atoms with van der Waals surface area (Å²) in [5.41, 5.74) is 3.50. The smallest absolute Gasteiger partial charge is 0.173 e. The molecule has 0 saturated heterocycles. The first-order chi connectivity index (χ1) is 13.0. The van der Waals surface area contributed by atoms with Crippen LogP contribution in [0.4, 0.5) is 0 Å². The summed E-state index contributed by atoms with van der Waals surface area (Å²) in [6, 6.07) is 19.0. The van der Waals surface area contributed by atoms with E-state index < -0.39 is 11.3 Å². The van der Waals surface area contributed by atoms with Crippen LogP contribution in [-0.2, 0) is 0 Å². The third kappa shape index (κ3) is 2.88. The van der Waals surface area contributed by atoms with Crippen LogP contribution in [0.15, 0.2) is 77.5 Å². The van der Waals surface area contributed by atoms with E-state index in [9.17, 15) is 9.59 Å².